The standard InChI is InChI=1S/C22H22N4O3/c1-13-11-26(12-14(13)2)21-6-5-15(10-23-21)7-20-24-17-9-19(29-4)18(28-3)8-16(17)22(27)25-20/h5-6,8-12H,7H2,1-4H3,(H,24,25,27). The number of hydrogen-bond donors (Lipinski definition) is 1. The molecule has 0 amide bonds. The van der Waals surface area contributed by atoms with Crippen LogP contribution in [0.3, 0.4) is 0 Å². The number of benzene rings is 1. The minimum absolute atomic E-state index is 0.214. The van der Waals surface area contributed by atoms with Crippen LogP contribution in [-0.4, -0.2) is 33.7 Å². The van der Waals surface area contributed by atoms with Crippen LogP contribution in [0.25, 0.3) is 16.7 Å². The Labute approximate surface area is 168 Å². The van der Waals surface area contributed by atoms with Crippen LogP contribution < -0.4 is 15.0 Å². The number of aromatic amines is 1. The number of methoxy groups -OCH3 is 2. The summed E-state index contributed by atoms with van der Waals surface area (Å²) in [7, 11) is 3.09. The molecule has 0 fully saturated rings. The van der Waals surface area contributed by atoms with Crippen molar-refractivity contribution in [1.29, 1.82) is 0 Å². The molecule has 0 aliphatic carbocycles. The Balaban J connectivity index is 1.64. The topological polar surface area (TPSA) is 82.0 Å². The molecule has 0 bridgehead atoms. The zero-order valence-corrected chi connectivity index (χ0v) is 16.8. The largest absolute Gasteiger partial charge is 0.493 e. The third-order valence-electron chi connectivity index (χ3n) is 4.99. The van der Waals surface area contributed by atoms with Crippen molar-refractivity contribution in [2.24, 2.45) is 0 Å². The molecule has 3 aromatic heterocycles. The van der Waals surface area contributed by atoms with E-state index in [-0.39, 0.29) is 5.56 Å². The number of rotatable bonds is 5. The summed E-state index contributed by atoms with van der Waals surface area (Å²) in [4.78, 5) is 24.5. The van der Waals surface area contributed by atoms with E-state index in [0.29, 0.717) is 34.6 Å². The molecule has 0 saturated heterocycles. The minimum Gasteiger partial charge on any atom is -0.493 e. The van der Waals surface area contributed by atoms with Crippen LogP contribution in [0.4, 0.5) is 0 Å². The van der Waals surface area contributed by atoms with E-state index >= 15 is 0 Å². The van der Waals surface area contributed by atoms with E-state index in [4.69, 9.17) is 9.47 Å². The predicted molar refractivity (Wildman–Crippen MR) is 111 cm³/mol. The highest BCUT2D eigenvalue weighted by atomic mass is 16.5. The molecule has 1 aromatic carbocycles. The van der Waals surface area contributed by atoms with E-state index in [1.807, 2.05) is 16.7 Å². The van der Waals surface area contributed by atoms with Crippen molar-refractivity contribution >= 4 is 10.9 Å². The van der Waals surface area contributed by atoms with Gasteiger partial charge < -0.3 is 19.0 Å². The Morgan fingerprint density at radius 2 is 1.72 bits per heavy atom. The van der Waals surface area contributed by atoms with Crippen molar-refractivity contribution in [3.8, 4) is 17.3 Å². The molecule has 0 unspecified atom stereocenters. The van der Waals surface area contributed by atoms with Crippen molar-refractivity contribution < 1.29 is 9.47 Å². The maximum Gasteiger partial charge on any atom is 0.258 e. The van der Waals surface area contributed by atoms with Gasteiger partial charge in [0, 0.05) is 31.1 Å². The van der Waals surface area contributed by atoms with E-state index in [1.54, 1.807) is 25.4 Å². The lowest BCUT2D eigenvalue weighted by Crippen LogP contribution is -2.12. The lowest BCUT2D eigenvalue weighted by Gasteiger charge is -2.09. The van der Waals surface area contributed by atoms with E-state index in [1.165, 1.54) is 18.2 Å². The molecule has 0 aliphatic rings. The smallest absolute Gasteiger partial charge is 0.258 e. The Morgan fingerprint density at radius 3 is 2.34 bits per heavy atom. The number of ether oxygens (including phenoxy) is 2. The fraction of sp³-hybridized carbons (Fsp3) is 0.227. The van der Waals surface area contributed by atoms with Crippen molar-refractivity contribution in [3.05, 3.63) is 75.7 Å². The second-order valence-electron chi connectivity index (χ2n) is 6.97. The first kappa shape index (κ1) is 18.7. The van der Waals surface area contributed by atoms with Gasteiger partial charge in [-0.15, -0.1) is 0 Å². The lowest BCUT2D eigenvalue weighted by atomic mass is 10.1. The van der Waals surface area contributed by atoms with Gasteiger partial charge in [-0.2, -0.15) is 0 Å². The maximum absolute atomic E-state index is 12.5. The maximum atomic E-state index is 12.5. The van der Waals surface area contributed by atoms with Crippen molar-refractivity contribution in [2.75, 3.05) is 14.2 Å². The first-order valence-electron chi connectivity index (χ1n) is 9.24. The summed E-state index contributed by atoms with van der Waals surface area (Å²) in [6, 6.07) is 7.30. The number of aryl methyl sites for hydroxylation is 2. The van der Waals surface area contributed by atoms with Crippen molar-refractivity contribution in [2.45, 2.75) is 20.3 Å². The van der Waals surface area contributed by atoms with Crippen LogP contribution in [-0.2, 0) is 6.42 Å². The van der Waals surface area contributed by atoms with E-state index in [9.17, 15) is 4.79 Å². The Hall–Kier alpha value is -3.61. The van der Waals surface area contributed by atoms with Gasteiger partial charge in [0.15, 0.2) is 11.5 Å². The lowest BCUT2D eigenvalue weighted by molar-refractivity contribution is 0.355. The highest BCUT2D eigenvalue weighted by Crippen LogP contribution is 2.30. The molecule has 29 heavy (non-hydrogen) atoms. The van der Waals surface area contributed by atoms with Crippen molar-refractivity contribution in [1.82, 2.24) is 19.5 Å². The fourth-order valence-electron chi connectivity index (χ4n) is 3.26. The monoisotopic (exact) mass is 390 g/mol. The first-order valence-corrected chi connectivity index (χ1v) is 9.24. The molecule has 0 aliphatic heterocycles. The molecule has 7 nitrogen and oxygen atoms in total. The number of aromatic nitrogens is 4. The Kier molecular flexibility index (Phi) is 4.80. The summed E-state index contributed by atoms with van der Waals surface area (Å²) >= 11 is 0. The number of hydrogen-bond acceptors (Lipinski definition) is 5. The molecule has 7 heteroatoms. The van der Waals surface area contributed by atoms with Crippen LogP contribution in [0, 0.1) is 13.8 Å². The van der Waals surface area contributed by atoms with Gasteiger partial charge in [-0.1, -0.05) is 6.07 Å². The summed E-state index contributed by atoms with van der Waals surface area (Å²) in [5.74, 6) is 2.45. The number of pyridine rings is 1. The van der Waals surface area contributed by atoms with Crippen LogP contribution in [0.15, 0.2) is 47.7 Å². The number of H-pyrrole nitrogens is 1. The van der Waals surface area contributed by atoms with Gasteiger partial charge in [0.25, 0.3) is 5.56 Å². The molecule has 4 rings (SSSR count). The number of nitrogens with zero attached hydrogens (tertiary/aromatic N) is 3. The van der Waals surface area contributed by atoms with Crippen molar-refractivity contribution in [3.63, 3.8) is 0 Å². The zero-order chi connectivity index (χ0) is 20.5. The average Bonchev–Trinajstić information content (AvgIpc) is 3.06. The first-order chi connectivity index (χ1) is 14.0. The highest BCUT2D eigenvalue weighted by molar-refractivity contribution is 5.81. The van der Waals surface area contributed by atoms with Crippen LogP contribution in [0.1, 0.15) is 22.5 Å². The average molecular weight is 390 g/mol. The molecule has 0 spiro atoms. The SMILES string of the molecule is COc1cc2nc(Cc3ccc(-n4cc(C)c(C)c4)nc3)[nH]c(=O)c2cc1OC. The second kappa shape index (κ2) is 7.43. The molecule has 3 heterocycles. The molecule has 148 valence electrons. The number of nitrogens with one attached hydrogen (secondary N) is 1. The van der Waals surface area contributed by atoms with Gasteiger partial charge in [-0.05, 0) is 42.7 Å². The molecular formula is C22H22N4O3. The van der Waals surface area contributed by atoms with Crippen LogP contribution in [0.5, 0.6) is 11.5 Å². The summed E-state index contributed by atoms with van der Waals surface area (Å²) in [6.07, 6.45) is 6.39. The Bertz CT molecular complexity index is 1220. The molecule has 1 N–H and O–H groups in total. The third kappa shape index (κ3) is 3.59. The Morgan fingerprint density at radius 1 is 1.03 bits per heavy atom. The summed E-state index contributed by atoms with van der Waals surface area (Å²) < 4.78 is 12.6. The summed E-state index contributed by atoms with van der Waals surface area (Å²) in [5.41, 5.74) is 3.75. The predicted octanol–water partition coefficient (Wildman–Crippen LogP) is 3.33. The molecular weight excluding hydrogens is 368 g/mol. The molecule has 0 atom stereocenters. The van der Waals surface area contributed by atoms with Gasteiger partial charge in [0.2, 0.25) is 0 Å². The minimum atomic E-state index is -0.214. The zero-order valence-electron chi connectivity index (χ0n) is 16.8. The summed E-state index contributed by atoms with van der Waals surface area (Å²) in [6.45, 7) is 4.15. The van der Waals surface area contributed by atoms with Crippen LogP contribution >= 0.6 is 0 Å². The van der Waals surface area contributed by atoms with Gasteiger partial charge in [-0.25, -0.2) is 9.97 Å². The quantitative estimate of drug-likeness (QED) is 0.565. The van der Waals surface area contributed by atoms with Crippen LogP contribution in [0.2, 0.25) is 0 Å². The van der Waals surface area contributed by atoms with Gasteiger partial charge in [0.05, 0.1) is 25.1 Å². The highest BCUT2D eigenvalue weighted by Gasteiger charge is 2.11. The second-order valence-corrected chi connectivity index (χ2v) is 6.97. The van der Waals surface area contributed by atoms with Gasteiger partial charge in [0.1, 0.15) is 11.6 Å². The van der Waals surface area contributed by atoms with E-state index in [0.717, 1.165) is 11.4 Å². The summed E-state index contributed by atoms with van der Waals surface area (Å²) in [5, 5.41) is 0.457. The molecule has 0 saturated carbocycles. The fourth-order valence-corrected chi connectivity index (χ4v) is 3.26. The normalized spacial score (nSPS) is 11.0. The third-order valence-corrected chi connectivity index (χ3v) is 4.99. The molecule has 4 aromatic rings. The van der Waals surface area contributed by atoms with E-state index in [2.05, 4.69) is 41.2 Å². The van der Waals surface area contributed by atoms with Gasteiger partial charge >= 0.3 is 0 Å². The molecule has 0 radical (unpaired) electrons. The van der Waals surface area contributed by atoms with E-state index < -0.39 is 0 Å². The number of fused-ring (bicyclic) bond motifs is 1. The van der Waals surface area contributed by atoms with Gasteiger partial charge in [-0.3, -0.25) is 4.79 Å².